The zero-order valence-corrected chi connectivity index (χ0v) is 18.0. The summed E-state index contributed by atoms with van der Waals surface area (Å²) in [7, 11) is -3.79. The van der Waals surface area contributed by atoms with Crippen LogP contribution in [0.4, 0.5) is 0 Å². The molecular formula is C21H22N4O3S2. The summed E-state index contributed by atoms with van der Waals surface area (Å²) >= 11 is 1.20. The number of carbonyl (C=O) groups is 1. The molecule has 1 saturated heterocycles. The summed E-state index contributed by atoms with van der Waals surface area (Å²) < 4.78 is 29.4. The maximum Gasteiger partial charge on any atom is 0.250 e. The lowest BCUT2D eigenvalue weighted by Gasteiger charge is -2.17. The van der Waals surface area contributed by atoms with Crippen LogP contribution >= 0.6 is 11.3 Å². The van der Waals surface area contributed by atoms with Gasteiger partial charge in [0.05, 0.1) is 0 Å². The number of sulfonamides is 1. The topological polar surface area (TPSA) is 116 Å². The Morgan fingerprint density at radius 1 is 1.27 bits per heavy atom. The molecule has 1 aliphatic rings. The zero-order valence-electron chi connectivity index (χ0n) is 16.4. The van der Waals surface area contributed by atoms with E-state index in [2.05, 4.69) is 4.72 Å². The van der Waals surface area contributed by atoms with Crippen LogP contribution in [0.1, 0.15) is 23.1 Å². The monoisotopic (exact) mass is 442 g/mol. The third-order valence-corrected chi connectivity index (χ3v) is 8.17. The van der Waals surface area contributed by atoms with Crippen molar-refractivity contribution in [3.05, 3.63) is 65.2 Å². The van der Waals surface area contributed by atoms with Gasteiger partial charge in [0.1, 0.15) is 16.1 Å². The Morgan fingerprint density at radius 3 is 2.83 bits per heavy atom. The van der Waals surface area contributed by atoms with Crippen LogP contribution in [0.25, 0.3) is 10.1 Å². The molecule has 3 aromatic rings. The molecule has 156 valence electrons. The summed E-state index contributed by atoms with van der Waals surface area (Å²) in [6, 6.07) is 13.8. The lowest BCUT2D eigenvalue weighted by atomic mass is 10.1. The van der Waals surface area contributed by atoms with Gasteiger partial charge in [-0.25, -0.2) is 8.42 Å². The molecule has 1 unspecified atom stereocenters. The molecule has 30 heavy (non-hydrogen) atoms. The first-order valence-corrected chi connectivity index (χ1v) is 11.8. The maximum absolute atomic E-state index is 12.9. The van der Waals surface area contributed by atoms with E-state index < -0.39 is 16.1 Å². The molecule has 4 rings (SSSR count). The number of thiophene rings is 1. The second-order valence-electron chi connectivity index (χ2n) is 7.44. The molecule has 4 N–H and O–H groups in total. The zero-order chi connectivity index (χ0) is 21.5. The Bertz CT molecular complexity index is 1250. The highest BCUT2D eigenvalue weighted by molar-refractivity contribution is 7.91. The predicted octanol–water partition coefficient (Wildman–Crippen LogP) is 2.57. The minimum absolute atomic E-state index is 0.0336. The van der Waals surface area contributed by atoms with Gasteiger partial charge in [0.2, 0.25) is 5.91 Å². The van der Waals surface area contributed by atoms with E-state index in [0.29, 0.717) is 25.1 Å². The number of amidine groups is 1. The first-order chi connectivity index (χ1) is 14.2. The van der Waals surface area contributed by atoms with Gasteiger partial charge >= 0.3 is 0 Å². The Morgan fingerprint density at radius 2 is 2.07 bits per heavy atom. The molecule has 2 aromatic carbocycles. The number of hydrogen-bond donors (Lipinski definition) is 3. The number of benzene rings is 2. The molecule has 0 spiro atoms. The third-order valence-electron chi connectivity index (χ3n) is 5.12. The minimum atomic E-state index is -3.79. The molecule has 1 aliphatic heterocycles. The Hall–Kier alpha value is -2.75. The second-order valence-corrected chi connectivity index (χ2v) is 10.5. The van der Waals surface area contributed by atoms with E-state index in [4.69, 9.17) is 11.1 Å². The van der Waals surface area contributed by atoms with Crippen molar-refractivity contribution in [1.82, 2.24) is 9.62 Å². The van der Waals surface area contributed by atoms with E-state index in [1.165, 1.54) is 11.3 Å². The van der Waals surface area contributed by atoms with Crippen LogP contribution in [-0.4, -0.2) is 37.6 Å². The summed E-state index contributed by atoms with van der Waals surface area (Å²) in [6.07, 6.45) is 0.411. The molecule has 9 heteroatoms. The van der Waals surface area contributed by atoms with Crippen molar-refractivity contribution in [2.24, 2.45) is 5.73 Å². The minimum Gasteiger partial charge on any atom is -0.384 e. The van der Waals surface area contributed by atoms with E-state index in [0.717, 1.165) is 21.2 Å². The molecule has 0 radical (unpaired) electrons. The quantitative estimate of drug-likeness (QED) is 0.402. The average Bonchev–Trinajstić information content (AvgIpc) is 3.27. The van der Waals surface area contributed by atoms with Crippen molar-refractivity contribution in [2.75, 3.05) is 6.54 Å². The van der Waals surface area contributed by atoms with Gasteiger partial charge in [-0.15, -0.1) is 11.3 Å². The van der Waals surface area contributed by atoms with Gasteiger partial charge < -0.3 is 10.6 Å². The van der Waals surface area contributed by atoms with E-state index >= 15 is 0 Å². The standard InChI is InChI=1S/C21H22N4O3S2/c1-13-5-6-15-11-19(29-18(15)9-13)30(27,28)24-17-7-8-25(21(17)26)12-14-3-2-4-16(10-14)20(22)23/h2-6,9-11,17,24H,7-8,12H2,1H3,(H3,22,23). The number of hydrogen-bond acceptors (Lipinski definition) is 5. The van der Waals surface area contributed by atoms with Crippen molar-refractivity contribution in [3.8, 4) is 0 Å². The molecule has 1 amide bonds. The first kappa shape index (κ1) is 20.5. The fraction of sp³-hybridized carbons (Fsp3) is 0.238. The Labute approximate surface area is 179 Å². The van der Waals surface area contributed by atoms with E-state index in [9.17, 15) is 13.2 Å². The largest absolute Gasteiger partial charge is 0.384 e. The average molecular weight is 443 g/mol. The van der Waals surface area contributed by atoms with Crippen LogP contribution in [0.5, 0.6) is 0 Å². The number of nitrogens with two attached hydrogens (primary N) is 1. The fourth-order valence-corrected chi connectivity index (χ4v) is 6.29. The molecule has 1 aromatic heterocycles. The number of nitrogens with one attached hydrogen (secondary N) is 2. The summed E-state index contributed by atoms with van der Waals surface area (Å²) in [5.74, 6) is -0.280. The Balaban J connectivity index is 1.48. The van der Waals surface area contributed by atoms with Crippen LogP contribution in [0.15, 0.2) is 52.7 Å². The summed E-state index contributed by atoms with van der Waals surface area (Å²) in [5, 5.41) is 8.41. The van der Waals surface area contributed by atoms with Gasteiger partial charge in [-0.1, -0.05) is 30.3 Å². The predicted molar refractivity (Wildman–Crippen MR) is 118 cm³/mol. The lowest BCUT2D eigenvalue weighted by molar-refractivity contribution is -0.129. The SMILES string of the molecule is Cc1ccc2cc(S(=O)(=O)NC3CCN(Cc4cccc(C(=N)N)c4)C3=O)sc2c1. The van der Waals surface area contributed by atoms with Gasteiger partial charge in [-0.3, -0.25) is 10.2 Å². The van der Waals surface area contributed by atoms with Crippen molar-refractivity contribution < 1.29 is 13.2 Å². The number of aryl methyl sites for hydroxylation is 1. The van der Waals surface area contributed by atoms with Crippen LogP contribution in [-0.2, 0) is 21.4 Å². The van der Waals surface area contributed by atoms with Crippen LogP contribution < -0.4 is 10.5 Å². The second kappa shape index (κ2) is 7.82. The number of fused-ring (bicyclic) bond motifs is 1. The molecule has 1 atom stereocenters. The van der Waals surface area contributed by atoms with Gasteiger partial charge in [-0.05, 0) is 48.1 Å². The van der Waals surface area contributed by atoms with E-state index in [1.54, 1.807) is 29.2 Å². The molecule has 0 aliphatic carbocycles. The number of likely N-dealkylation sites (tertiary alicyclic amines) is 1. The molecular weight excluding hydrogens is 420 g/mol. The maximum atomic E-state index is 12.9. The highest BCUT2D eigenvalue weighted by Gasteiger charge is 2.35. The number of carbonyl (C=O) groups excluding carboxylic acids is 1. The molecule has 2 heterocycles. The third kappa shape index (κ3) is 4.09. The fourth-order valence-electron chi connectivity index (χ4n) is 3.55. The van der Waals surface area contributed by atoms with Crippen LogP contribution in [0.3, 0.4) is 0 Å². The number of amides is 1. The smallest absolute Gasteiger partial charge is 0.250 e. The highest BCUT2D eigenvalue weighted by Crippen LogP contribution is 2.30. The van der Waals surface area contributed by atoms with Crippen molar-refractivity contribution in [3.63, 3.8) is 0 Å². The van der Waals surface area contributed by atoms with Crippen LogP contribution in [0, 0.1) is 12.3 Å². The summed E-state index contributed by atoms with van der Waals surface area (Å²) in [5.41, 5.74) is 8.03. The number of rotatable bonds is 6. The summed E-state index contributed by atoms with van der Waals surface area (Å²) in [4.78, 5) is 14.4. The lowest BCUT2D eigenvalue weighted by Crippen LogP contribution is -2.41. The number of nitrogens with zero attached hydrogens (tertiary/aromatic N) is 1. The molecule has 7 nitrogen and oxygen atoms in total. The number of nitrogen functional groups attached to an aromatic ring is 1. The van der Waals surface area contributed by atoms with Gasteiger partial charge in [-0.2, -0.15) is 4.72 Å². The normalized spacial score (nSPS) is 17.0. The summed E-state index contributed by atoms with van der Waals surface area (Å²) in [6.45, 7) is 2.77. The van der Waals surface area contributed by atoms with E-state index in [-0.39, 0.29) is 16.0 Å². The molecule has 1 fully saturated rings. The first-order valence-electron chi connectivity index (χ1n) is 9.47. The van der Waals surface area contributed by atoms with Gasteiger partial charge in [0, 0.05) is 23.4 Å². The van der Waals surface area contributed by atoms with Crippen molar-refractivity contribution >= 4 is 43.2 Å². The van der Waals surface area contributed by atoms with E-state index in [1.807, 2.05) is 31.2 Å². The molecule has 0 bridgehead atoms. The highest BCUT2D eigenvalue weighted by atomic mass is 32.2. The molecule has 0 saturated carbocycles. The van der Waals surface area contributed by atoms with Crippen LogP contribution in [0.2, 0.25) is 0 Å². The van der Waals surface area contributed by atoms with Crippen molar-refractivity contribution in [2.45, 2.75) is 30.1 Å². The van der Waals surface area contributed by atoms with Gasteiger partial charge in [0.15, 0.2) is 0 Å². The Kier molecular flexibility index (Phi) is 5.35. The van der Waals surface area contributed by atoms with Crippen molar-refractivity contribution in [1.29, 1.82) is 5.41 Å². The van der Waals surface area contributed by atoms with Gasteiger partial charge in [0.25, 0.3) is 10.0 Å².